The highest BCUT2D eigenvalue weighted by Gasteiger charge is 2.18. The zero-order chi connectivity index (χ0) is 22.7. The van der Waals surface area contributed by atoms with Gasteiger partial charge in [0.15, 0.2) is 5.65 Å². The van der Waals surface area contributed by atoms with E-state index in [4.69, 9.17) is 0 Å². The van der Waals surface area contributed by atoms with Crippen LogP contribution >= 0.6 is 11.8 Å². The highest BCUT2D eigenvalue weighted by molar-refractivity contribution is 8.00. The van der Waals surface area contributed by atoms with Crippen molar-refractivity contribution in [1.29, 1.82) is 0 Å². The zero-order valence-electron chi connectivity index (χ0n) is 17.1. The number of aromatic nitrogens is 4. The molecule has 0 radical (unpaired) electrons. The van der Waals surface area contributed by atoms with Crippen molar-refractivity contribution in [2.45, 2.75) is 24.8 Å². The molecule has 1 aromatic carbocycles. The molecule has 0 aliphatic heterocycles. The number of carbonyl (C=O) groups is 1. The molecule has 2 heterocycles. The summed E-state index contributed by atoms with van der Waals surface area (Å²) in [4.78, 5) is 56.5. The molecule has 0 spiro atoms. The highest BCUT2D eigenvalue weighted by atomic mass is 32.2. The number of nitrogens with one attached hydrogen (secondary N) is 1. The Morgan fingerprint density at radius 3 is 2.65 bits per heavy atom. The average Bonchev–Trinajstić information content (AvgIpc) is 2.74. The molecule has 11 nitrogen and oxygen atoms in total. The second-order valence-electron chi connectivity index (χ2n) is 6.74. The molecular weight excluding hydrogens is 424 g/mol. The minimum absolute atomic E-state index is 0.0909. The summed E-state index contributed by atoms with van der Waals surface area (Å²) in [5, 5.41) is 14.0. The Morgan fingerprint density at radius 2 is 1.97 bits per heavy atom. The largest absolute Gasteiger partial charge is 0.332 e. The van der Waals surface area contributed by atoms with Crippen molar-refractivity contribution in [3.05, 3.63) is 61.0 Å². The summed E-state index contributed by atoms with van der Waals surface area (Å²) < 4.78 is 2.25. The van der Waals surface area contributed by atoms with Crippen molar-refractivity contribution in [2.75, 3.05) is 11.1 Å². The molecular formula is C19H20N6O5S. The van der Waals surface area contributed by atoms with E-state index in [1.165, 1.54) is 36.9 Å². The van der Waals surface area contributed by atoms with Crippen molar-refractivity contribution < 1.29 is 9.72 Å². The summed E-state index contributed by atoms with van der Waals surface area (Å²) in [6.07, 6.45) is 1.31. The number of nitrogens with zero attached hydrogens (tertiary/aromatic N) is 5. The van der Waals surface area contributed by atoms with Gasteiger partial charge in [-0.05, 0) is 12.5 Å². The summed E-state index contributed by atoms with van der Waals surface area (Å²) in [7, 11) is 2.89. The van der Waals surface area contributed by atoms with Crippen LogP contribution in [0.1, 0.15) is 19.2 Å². The Morgan fingerprint density at radius 1 is 1.23 bits per heavy atom. The molecule has 3 rings (SSSR count). The Kier molecular flexibility index (Phi) is 6.49. The van der Waals surface area contributed by atoms with Crippen LogP contribution in [0.4, 0.5) is 11.4 Å². The van der Waals surface area contributed by atoms with E-state index in [1.54, 1.807) is 6.07 Å². The van der Waals surface area contributed by atoms with Gasteiger partial charge >= 0.3 is 5.69 Å². The summed E-state index contributed by atoms with van der Waals surface area (Å²) in [6.45, 7) is 1.95. The number of nitro groups is 1. The predicted octanol–water partition coefficient (Wildman–Crippen LogP) is 1.62. The SMILES string of the molecule is CCCc1nc(SCC(=O)Nc2cccc([N+](=O)[O-])c2)c2c(=O)n(C)c(=O)n(C)c2n1. The van der Waals surface area contributed by atoms with Crippen molar-refractivity contribution in [1.82, 2.24) is 19.1 Å². The third kappa shape index (κ3) is 4.63. The van der Waals surface area contributed by atoms with Crippen LogP contribution in [0.5, 0.6) is 0 Å². The summed E-state index contributed by atoms with van der Waals surface area (Å²) in [5.74, 6) is -0.0392. The van der Waals surface area contributed by atoms with Crippen LogP contribution in [0.3, 0.4) is 0 Å². The maximum absolute atomic E-state index is 12.7. The van der Waals surface area contributed by atoms with Gasteiger partial charge in [0.2, 0.25) is 5.91 Å². The van der Waals surface area contributed by atoms with E-state index in [-0.39, 0.29) is 28.2 Å². The zero-order valence-corrected chi connectivity index (χ0v) is 17.9. The standard InChI is InChI=1S/C19H20N6O5S/c1-4-6-13-21-16-15(18(27)24(3)19(28)23(16)2)17(22-13)31-10-14(26)20-11-7-5-8-12(9-11)25(29)30/h5,7-9H,4,6,10H2,1-3H3,(H,20,26). The molecule has 0 bridgehead atoms. The smallest absolute Gasteiger partial charge is 0.325 e. The Hall–Kier alpha value is -3.54. The molecule has 12 heteroatoms. The maximum Gasteiger partial charge on any atom is 0.332 e. The van der Waals surface area contributed by atoms with E-state index in [0.717, 1.165) is 22.7 Å². The number of anilines is 1. The number of amides is 1. The number of carbonyl (C=O) groups excluding carboxylic acids is 1. The molecule has 0 fully saturated rings. The van der Waals surface area contributed by atoms with Gasteiger partial charge in [0.25, 0.3) is 11.2 Å². The Bertz CT molecular complexity index is 1300. The van der Waals surface area contributed by atoms with E-state index in [9.17, 15) is 24.5 Å². The second-order valence-corrected chi connectivity index (χ2v) is 7.71. The second kappa shape index (κ2) is 9.08. The van der Waals surface area contributed by atoms with E-state index in [2.05, 4.69) is 15.3 Å². The van der Waals surface area contributed by atoms with Gasteiger partial charge in [0.1, 0.15) is 16.2 Å². The molecule has 0 unspecified atom stereocenters. The fourth-order valence-corrected chi connectivity index (χ4v) is 3.77. The number of benzene rings is 1. The van der Waals surface area contributed by atoms with Crippen LogP contribution in [0.25, 0.3) is 11.0 Å². The van der Waals surface area contributed by atoms with E-state index in [0.29, 0.717) is 17.3 Å². The quantitative estimate of drug-likeness (QED) is 0.251. The third-order valence-corrected chi connectivity index (χ3v) is 5.44. The molecule has 0 saturated heterocycles. The topological polar surface area (TPSA) is 142 Å². The summed E-state index contributed by atoms with van der Waals surface area (Å²) in [5.41, 5.74) is -0.674. The van der Waals surface area contributed by atoms with Gasteiger partial charge in [-0.15, -0.1) is 0 Å². The molecule has 0 aliphatic carbocycles. The lowest BCUT2D eigenvalue weighted by molar-refractivity contribution is -0.384. The molecule has 31 heavy (non-hydrogen) atoms. The van der Waals surface area contributed by atoms with Crippen molar-refractivity contribution in [3.63, 3.8) is 0 Å². The van der Waals surface area contributed by atoms with Crippen LogP contribution in [-0.4, -0.2) is 35.7 Å². The first-order chi connectivity index (χ1) is 14.7. The minimum atomic E-state index is -0.549. The van der Waals surface area contributed by atoms with Crippen LogP contribution in [0.15, 0.2) is 38.9 Å². The van der Waals surface area contributed by atoms with Gasteiger partial charge in [-0.2, -0.15) is 0 Å². The first kappa shape index (κ1) is 22.2. The fourth-order valence-electron chi connectivity index (χ4n) is 2.94. The monoisotopic (exact) mass is 444 g/mol. The first-order valence-electron chi connectivity index (χ1n) is 9.36. The van der Waals surface area contributed by atoms with Crippen molar-refractivity contribution in [3.8, 4) is 0 Å². The van der Waals surface area contributed by atoms with Gasteiger partial charge in [0, 0.05) is 38.3 Å². The lowest BCUT2D eigenvalue weighted by Gasteiger charge is -2.11. The number of thioether (sulfide) groups is 1. The summed E-state index contributed by atoms with van der Waals surface area (Å²) in [6, 6.07) is 5.60. The maximum atomic E-state index is 12.7. The van der Waals surface area contributed by atoms with Crippen molar-refractivity contribution in [2.24, 2.45) is 14.1 Å². The highest BCUT2D eigenvalue weighted by Crippen LogP contribution is 2.23. The normalized spacial score (nSPS) is 10.9. The molecule has 1 amide bonds. The average molecular weight is 444 g/mol. The lowest BCUT2D eigenvalue weighted by atomic mass is 10.3. The number of hydrogen-bond donors (Lipinski definition) is 1. The summed E-state index contributed by atoms with van der Waals surface area (Å²) >= 11 is 1.04. The molecule has 1 N–H and O–H groups in total. The van der Waals surface area contributed by atoms with E-state index >= 15 is 0 Å². The third-order valence-electron chi connectivity index (χ3n) is 4.47. The van der Waals surface area contributed by atoms with Gasteiger partial charge in [0.05, 0.1) is 10.7 Å². The van der Waals surface area contributed by atoms with Crippen LogP contribution in [0.2, 0.25) is 0 Å². The molecule has 2 aromatic heterocycles. The Balaban J connectivity index is 1.92. The number of rotatable bonds is 7. The van der Waals surface area contributed by atoms with Gasteiger partial charge in [-0.1, -0.05) is 24.8 Å². The van der Waals surface area contributed by atoms with Crippen LogP contribution in [0, 0.1) is 10.1 Å². The fraction of sp³-hybridized carbons (Fsp3) is 0.316. The first-order valence-corrected chi connectivity index (χ1v) is 10.3. The minimum Gasteiger partial charge on any atom is -0.325 e. The number of fused-ring (bicyclic) bond motifs is 1. The van der Waals surface area contributed by atoms with Crippen LogP contribution in [-0.2, 0) is 25.3 Å². The Labute approximate surface area is 180 Å². The molecule has 3 aromatic rings. The van der Waals surface area contributed by atoms with Crippen LogP contribution < -0.4 is 16.6 Å². The number of aryl methyl sites for hydroxylation is 2. The van der Waals surface area contributed by atoms with Crippen molar-refractivity contribution >= 4 is 40.1 Å². The molecule has 162 valence electrons. The number of non-ortho nitro benzene ring substituents is 1. The lowest BCUT2D eigenvalue weighted by Crippen LogP contribution is -2.38. The molecule has 0 aliphatic rings. The van der Waals surface area contributed by atoms with Gasteiger partial charge < -0.3 is 5.32 Å². The van der Waals surface area contributed by atoms with Gasteiger partial charge in [-0.25, -0.2) is 14.8 Å². The molecule has 0 atom stereocenters. The van der Waals surface area contributed by atoms with E-state index < -0.39 is 22.1 Å². The predicted molar refractivity (Wildman–Crippen MR) is 116 cm³/mol. The number of nitro benzene ring substituents is 1. The van der Waals surface area contributed by atoms with Gasteiger partial charge in [-0.3, -0.25) is 28.8 Å². The molecule has 0 saturated carbocycles. The van der Waals surface area contributed by atoms with E-state index in [1.807, 2.05) is 6.92 Å². The number of hydrogen-bond acceptors (Lipinski definition) is 8.